The van der Waals surface area contributed by atoms with Gasteiger partial charge >= 0.3 is 0 Å². The first-order valence-corrected chi connectivity index (χ1v) is 7.87. The van der Waals surface area contributed by atoms with Crippen molar-refractivity contribution in [3.8, 4) is 0 Å². The zero-order valence-corrected chi connectivity index (χ0v) is 11.0. The number of benzene rings is 1. The summed E-state index contributed by atoms with van der Waals surface area (Å²) in [5, 5.41) is 0. The molecule has 18 heavy (non-hydrogen) atoms. The molecule has 5 heteroatoms. The number of hydrogen-bond donors (Lipinski definition) is 0. The molecule has 0 saturated heterocycles. The standard InChI is InChI=1S/C13H15NO3S/c1-18(16,17)9-11-4-2-5-12(8-11)13(14-10-15)6-3-7-13/h2,4-5,8H,3,6-7,9H2,1H3. The molecule has 2 rings (SSSR count). The molecule has 0 atom stereocenters. The molecule has 0 N–H and O–H groups in total. The second-order valence-corrected chi connectivity index (χ2v) is 7.00. The van der Waals surface area contributed by atoms with E-state index in [-0.39, 0.29) is 5.75 Å². The molecule has 0 aliphatic heterocycles. The molecule has 0 radical (unpaired) electrons. The highest BCUT2D eigenvalue weighted by molar-refractivity contribution is 7.89. The predicted octanol–water partition coefficient (Wildman–Crippen LogP) is 1.95. The van der Waals surface area contributed by atoms with Crippen LogP contribution in [0.5, 0.6) is 0 Å². The van der Waals surface area contributed by atoms with Crippen LogP contribution < -0.4 is 0 Å². The highest BCUT2D eigenvalue weighted by atomic mass is 32.2. The summed E-state index contributed by atoms with van der Waals surface area (Å²) < 4.78 is 22.6. The molecule has 0 bridgehead atoms. The highest BCUT2D eigenvalue weighted by Crippen LogP contribution is 2.44. The summed E-state index contributed by atoms with van der Waals surface area (Å²) in [4.78, 5) is 14.4. The molecule has 1 saturated carbocycles. The Morgan fingerprint density at radius 1 is 1.39 bits per heavy atom. The van der Waals surface area contributed by atoms with E-state index >= 15 is 0 Å². The van der Waals surface area contributed by atoms with Crippen LogP contribution in [0.4, 0.5) is 0 Å². The first-order chi connectivity index (χ1) is 8.45. The van der Waals surface area contributed by atoms with Gasteiger partial charge in [-0.1, -0.05) is 24.3 Å². The van der Waals surface area contributed by atoms with Crippen molar-refractivity contribution in [2.75, 3.05) is 6.26 Å². The maximum atomic E-state index is 11.3. The second kappa shape index (κ2) is 4.67. The number of aliphatic imine (C=N–C) groups is 1. The molecule has 0 amide bonds. The number of nitrogens with zero attached hydrogens (tertiary/aromatic N) is 1. The van der Waals surface area contributed by atoms with Crippen LogP contribution in [0.25, 0.3) is 0 Å². The molecular formula is C13H15NO3S. The quantitative estimate of drug-likeness (QED) is 0.617. The minimum Gasteiger partial charge on any atom is -0.229 e. The van der Waals surface area contributed by atoms with Crippen molar-refractivity contribution in [2.45, 2.75) is 30.6 Å². The smallest absolute Gasteiger partial charge is 0.229 e. The monoisotopic (exact) mass is 265 g/mol. The van der Waals surface area contributed by atoms with Crippen molar-refractivity contribution in [2.24, 2.45) is 4.99 Å². The number of hydrogen-bond acceptors (Lipinski definition) is 4. The summed E-state index contributed by atoms with van der Waals surface area (Å²) in [6.07, 6.45) is 5.52. The van der Waals surface area contributed by atoms with Crippen molar-refractivity contribution in [1.29, 1.82) is 0 Å². The number of carbonyl (C=O) groups excluding carboxylic acids is 1. The van der Waals surface area contributed by atoms with Gasteiger partial charge in [0.2, 0.25) is 6.08 Å². The topological polar surface area (TPSA) is 63.6 Å². The Labute approximate surface area is 107 Å². The molecule has 0 aromatic heterocycles. The second-order valence-electron chi connectivity index (χ2n) is 4.86. The third-order valence-corrected chi connectivity index (χ3v) is 4.19. The molecule has 1 aliphatic rings. The maximum Gasteiger partial charge on any atom is 0.235 e. The van der Waals surface area contributed by atoms with Crippen molar-refractivity contribution in [1.82, 2.24) is 0 Å². The van der Waals surface area contributed by atoms with E-state index < -0.39 is 15.4 Å². The van der Waals surface area contributed by atoms with Gasteiger partial charge in [-0.05, 0) is 30.4 Å². The molecule has 4 nitrogen and oxygen atoms in total. The Morgan fingerprint density at radius 2 is 2.11 bits per heavy atom. The van der Waals surface area contributed by atoms with E-state index in [1.54, 1.807) is 12.1 Å². The van der Waals surface area contributed by atoms with Gasteiger partial charge in [0.15, 0.2) is 9.84 Å². The van der Waals surface area contributed by atoms with E-state index in [2.05, 4.69) is 4.99 Å². The molecule has 1 aliphatic carbocycles. The van der Waals surface area contributed by atoms with E-state index in [0.717, 1.165) is 30.4 Å². The van der Waals surface area contributed by atoms with E-state index in [4.69, 9.17) is 0 Å². The third kappa shape index (κ3) is 2.68. The summed E-state index contributed by atoms with van der Waals surface area (Å²) in [5.41, 5.74) is 1.19. The van der Waals surface area contributed by atoms with Crippen LogP contribution in [0.3, 0.4) is 0 Å². The molecule has 1 aromatic carbocycles. The van der Waals surface area contributed by atoms with E-state index in [1.165, 1.54) is 6.26 Å². The minimum atomic E-state index is -3.05. The summed E-state index contributed by atoms with van der Waals surface area (Å²) in [6, 6.07) is 7.32. The summed E-state index contributed by atoms with van der Waals surface area (Å²) >= 11 is 0. The lowest BCUT2D eigenvalue weighted by Crippen LogP contribution is -2.31. The van der Waals surface area contributed by atoms with Crippen LogP contribution >= 0.6 is 0 Å². The maximum absolute atomic E-state index is 11.3. The lowest BCUT2D eigenvalue weighted by Gasteiger charge is -2.37. The predicted molar refractivity (Wildman–Crippen MR) is 68.6 cm³/mol. The summed E-state index contributed by atoms with van der Waals surface area (Å²) in [6.45, 7) is 0. The SMILES string of the molecule is CS(=O)(=O)Cc1cccc(C2(N=C=O)CCC2)c1. The Morgan fingerprint density at radius 3 is 2.61 bits per heavy atom. The fraction of sp³-hybridized carbons (Fsp3) is 0.462. The molecule has 1 fully saturated rings. The van der Waals surface area contributed by atoms with Crippen LogP contribution in [0, 0.1) is 0 Å². The van der Waals surface area contributed by atoms with Crippen LogP contribution in [-0.4, -0.2) is 20.8 Å². The Balaban J connectivity index is 2.35. The molecule has 0 heterocycles. The van der Waals surface area contributed by atoms with Crippen LogP contribution in [0.1, 0.15) is 30.4 Å². The van der Waals surface area contributed by atoms with Gasteiger partial charge in [0.1, 0.15) is 0 Å². The fourth-order valence-electron chi connectivity index (χ4n) is 2.32. The molecule has 96 valence electrons. The van der Waals surface area contributed by atoms with Gasteiger partial charge in [0, 0.05) is 6.26 Å². The summed E-state index contributed by atoms with van der Waals surface area (Å²) in [5.74, 6) is 0.0156. The van der Waals surface area contributed by atoms with E-state index in [0.29, 0.717) is 0 Å². The number of sulfone groups is 1. The number of isocyanates is 1. The zero-order valence-electron chi connectivity index (χ0n) is 10.2. The van der Waals surface area contributed by atoms with Crippen LogP contribution in [-0.2, 0) is 25.9 Å². The van der Waals surface area contributed by atoms with Gasteiger partial charge in [0.05, 0.1) is 11.3 Å². The number of rotatable bonds is 4. The Bertz CT molecular complexity index is 596. The van der Waals surface area contributed by atoms with E-state index in [9.17, 15) is 13.2 Å². The lowest BCUT2D eigenvalue weighted by molar-refractivity contribution is 0.256. The van der Waals surface area contributed by atoms with Crippen LogP contribution in [0.2, 0.25) is 0 Å². The van der Waals surface area contributed by atoms with Gasteiger partial charge < -0.3 is 0 Å². The Kier molecular flexibility index (Phi) is 3.37. The van der Waals surface area contributed by atoms with Gasteiger partial charge in [-0.15, -0.1) is 0 Å². The molecule has 0 unspecified atom stereocenters. The average molecular weight is 265 g/mol. The normalized spacial score (nSPS) is 17.6. The van der Waals surface area contributed by atoms with Gasteiger partial charge in [-0.3, -0.25) is 0 Å². The van der Waals surface area contributed by atoms with Gasteiger partial charge in [0.25, 0.3) is 0 Å². The highest BCUT2D eigenvalue weighted by Gasteiger charge is 2.38. The van der Waals surface area contributed by atoms with Gasteiger partial charge in [-0.25, -0.2) is 13.2 Å². The van der Waals surface area contributed by atoms with Gasteiger partial charge in [-0.2, -0.15) is 4.99 Å². The molecule has 1 aromatic rings. The average Bonchev–Trinajstić information content (AvgIpc) is 2.21. The molecular weight excluding hydrogens is 250 g/mol. The van der Waals surface area contributed by atoms with Crippen molar-refractivity contribution < 1.29 is 13.2 Å². The first-order valence-electron chi connectivity index (χ1n) is 5.81. The Hall–Kier alpha value is -1.45. The van der Waals surface area contributed by atoms with E-state index in [1.807, 2.05) is 18.2 Å². The van der Waals surface area contributed by atoms with Crippen LogP contribution in [0.15, 0.2) is 29.3 Å². The minimum absolute atomic E-state index is 0.0156. The van der Waals surface area contributed by atoms with Crippen molar-refractivity contribution in [3.63, 3.8) is 0 Å². The molecule has 0 spiro atoms. The third-order valence-electron chi connectivity index (χ3n) is 3.33. The summed E-state index contributed by atoms with van der Waals surface area (Å²) in [7, 11) is -3.05. The zero-order chi connectivity index (χ0) is 13.2. The largest absolute Gasteiger partial charge is 0.235 e. The first kappa shape index (κ1) is 13.0. The fourth-order valence-corrected chi connectivity index (χ4v) is 3.10. The lowest BCUT2D eigenvalue weighted by atomic mass is 9.72. The van der Waals surface area contributed by atoms with Crippen molar-refractivity contribution >= 4 is 15.9 Å². The van der Waals surface area contributed by atoms with Crippen molar-refractivity contribution in [3.05, 3.63) is 35.4 Å².